The zero-order valence-electron chi connectivity index (χ0n) is 14.4. The van der Waals surface area contributed by atoms with Crippen molar-refractivity contribution in [1.29, 1.82) is 0 Å². The average Bonchev–Trinajstić information content (AvgIpc) is 3.49. The summed E-state index contributed by atoms with van der Waals surface area (Å²) in [4.78, 5) is 29.2. The summed E-state index contributed by atoms with van der Waals surface area (Å²) >= 11 is 0. The van der Waals surface area contributed by atoms with E-state index in [9.17, 15) is 9.59 Å². The molecule has 0 N–H and O–H groups in total. The minimum absolute atomic E-state index is 0.257. The molecular weight excluding hydrogens is 304 g/mol. The Morgan fingerprint density at radius 1 is 1.12 bits per heavy atom. The van der Waals surface area contributed by atoms with E-state index in [2.05, 4.69) is 9.80 Å². The zero-order chi connectivity index (χ0) is 16.3. The molecule has 3 saturated heterocycles. The number of amides is 2. The first-order chi connectivity index (χ1) is 11.7. The smallest absolute Gasteiger partial charge is 0.226 e. The second-order valence-corrected chi connectivity index (χ2v) is 8.93. The minimum Gasteiger partial charge on any atom is -0.381 e. The molecule has 2 amide bonds. The first kappa shape index (κ1) is 15.2. The van der Waals surface area contributed by atoms with E-state index in [0.717, 1.165) is 64.6 Å². The van der Waals surface area contributed by atoms with E-state index in [4.69, 9.17) is 4.74 Å². The number of ether oxygens (including phenoxy) is 1. The molecule has 0 aromatic heterocycles. The van der Waals surface area contributed by atoms with Crippen LogP contribution in [0.1, 0.15) is 38.5 Å². The molecule has 5 nitrogen and oxygen atoms in total. The molecule has 3 aliphatic heterocycles. The lowest BCUT2D eigenvalue weighted by molar-refractivity contribution is -0.143. The molecule has 132 valence electrons. The Kier molecular flexibility index (Phi) is 3.45. The fourth-order valence-electron chi connectivity index (χ4n) is 5.31. The van der Waals surface area contributed by atoms with Crippen LogP contribution in [-0.2, 0) is 14.3 Å². The van der Waals surface area contributed by atoms with Gasteiger partial charge in [-0.3, -0.25) is 9.59 Å². The van der Waals surface area contributed by atoms with Gasteiger partial charge in [0.2, 0.25) is 11.8 Å². The fourth-order valence-corrected chi connectivity index (χ4v) is 5.31. The van der Waals surface area contributed by atoms with Crippen LogP contribution in [0.25, 0.3) is 0 Å². The van der Waals surface area contributed by atoms with Crippen LogP contribution in [0.4, 0.5) is 0 Å². The van der Waals surface area contributed by atoms with Crippen LogP contribution in [0.3, 0.4) is 0 Å². The lowest BCUT2D eigenvalue weighted by Gasteiger charge is -2.47. The predicted octanol–water partition coefficient (Wildman–Crippen LogP) is 1.52. The van der Waals surface area contributed by atoms with E-state index in [0.29, 0.717) is 30.1 Å². The first-order valence-corrected chi connectivity index (χ1v) is 9.80. The molecule has 1 spiro atoms. The normalized spacial score (nSPS) is 37.7. The highest BCUT2D eigenvalue weighted by atomic mass is 16.5. The van der Waals surface area contributed by atoms with Crippen molar-refractivity contribution in [3.05, 3.63) is 0 Å². The highest BCUT2D eigenvalue weighted by Crippen LogP contribution is 2.52. The quantitative estimate of drug-likeness (QED) is 0.787. The second kappa shape index (κ2) is 5.45. The van der Waals surface area contributed by atoms with Gasteiger partial charge in [-0.05, 0) is 55.3 Å². The Morgan fingerprint density at radius 3 is 2.50 bits per heavy atom. The lowest BCUT2D eigenvalue weighted by atomic mass is 9.72. The molecular formula is C19H28N2O3. The van der Waals surface area contributed by atoms with Gasteiger partial charge in [0, 0.05) is 38.5 Å². The van der Waals surface area contributed by atoms with Gasteiger partial charge >= 0.3 is 0 Å². The molecule has 5 fully saturated rings. The number of nitrogens with zero attached hydrogens (tertiary/aromatic N) is 2. The van der Waals surface area contributed by atoms with Crippen molar-refractivity contribution in [2.45, 2.75) is 38.5 Å². The van der Waals surface area contributed by atoms with Crippen molar-refractivity contribution in [1.82, 2.24) is 9.80 Å². The van der Waals surface area contributed by atoms with Crippen molar-refractivity contribution in [3.63, 3.8) is 0 Å². The summed E-state index contributed by atoms with van der Waals surface area (Å²) in [5.74, 6) is 2.78. The monoisotopic (exact) mass is 332 g/mol. The summed E-state index contributed by atoms with van der Waals surface area (Å²) < 4.78 is 5.41. The SMILES string of the molecule is O=C1CCC2(CCN(C(=O)C3[C@H]4COC[C@@H]34)CC2)CN1CC1CC1. The number of carbonyl (C=O) groups excluding carboxylic acids is 2. The number of piperidine rings is 2. The van der Waals surface area contributed by atoms with Gasteiger partial charge in [-0.2, -0.15) is 0 Å². The number of rotatable bonds is 3. The van der Waals surface area contributed by atoms with Crippen LogP contribution in [0.15, 0.2) is 0 Å². The topological polar surface area (TPSA) is 49.9 Å². The standard InChI is InChI=1S/C19H28N2O3/c22-16-3-4-19(12-21(16)9-13-1-2-13)5-7-20(8-6-19)18(23)17-14-10-24-11-15(14)17/h13-15,17H,1-12H2/t14-,15+,17?. The molecule has 3 heterocycles. The molecule has 2 saturated carbocycles. The zero-order valence-corrected chi connectivity index (χ0v) is 14.4. The molecule has 2 aliphatic carbocycles. The molecule has 3 atom stereocenters. The lowest BCUT2D eigenvalue weighted by Crippen LogP contribution is -2.53. The fraction of sp³-hybridized carbons (Fsp3) is 0.895. The molecule has 5 aliphatic rings. The van der Waals surface area contributed by atoms with Crippen LogP contribution < -0.4 is 0 Å². The van der Waals surface area contributed by atoms with Gasteiger partial charge in [-0.15, -0.1) is 0 Å². The van der Waals surface area contributed by atoms with Gasteiger partial charge in [0.15, 0.2) is 0 Å². The Bertz CT molecular complexity index is 541. The maximum Gasteiger partial charge on any atom is 0.226 e. The maximum atomic E-state index is 12.7. The van der Waals surface area contributed by atoms with Crippen molar-refractivity contribution in [2.24, 2.45) is 29.1 Å². The van der Waals surface area contributed by atoms with Gasteiger partial charge in [-0.1, -0.05) is 0 Å². The Morgan fingerprint density at radius 2 is 1.83 bits per heavy atom. The van der Waals surface area contributed by atoms with Crippen LogP contribution in [0, 0.1) is 29.1 Å². The van der Waals surface area contributed by atoms with E-state index in [1.54, 1.807) is 0 Å². The van der Waals surface area contributed by atoms with Crippen LogP contribution >= 0.6 is 0 Å². The first-order valence-electron chi connectivity index (χ1n) is 9.80. The third-order valence-corrected chi connectivity index (χ3v) is 7.30. The number of likely N-dealkylation sites (tertiary alicyclic amines) is 2. The number of hydrogen-bond donors (Lipinski definition) is 0. The molecule has 0 radical (unpaired) electrons. The van der Waals surface area contributed by atoms with Gasteiger partial charge in [0.25, 0.3) is 0 Å². The maximum absolute atomic E-state index is 12.7. The molecule has 0 bridgehead atoms. The summed E-state index contributed by atoms with van der Waals surface area (Å²) in [5.41, 5.74) is 0.280. The van der Waals surface area contributed by atoms with Crippen LogP contribution in [-0.4, -0.2) is 61.0 Å². The highest BCUT2D eigenvalue weighted by Gasteiger charge is 2.59. The van der Waals surface area contributed by atoms with E-state index >= 15 is 0 Å². The molecule has 5 rings (SSSR count). The molecule has 5 heteroatoms. The second-order valence-electron chi connectivity index (χ2n) is 8.93. The third-order valence-electron chi connectivity index (χ3n) is 7.30. The Balaban J connectivity index is 1.18. The van der Waals surface area contributed by atoms with Crippen LogP contribution in [0.5, 0.6) is 0 Å². The van der Waals surface area contributed by atoms with Gasteiger partial charge in [-0.25, -0.2) is 0 Å². The summed E-state index contributed by atoms with van der Waals surface area (Å²) in [6.07, 6.45) is 6.48. The largest absolute Gasteiger partial charge is 0.381 e. The van der Waals surface area contributed by atoms with Gasteiger partial charge in [0.05, 0.1) is 13.2 Å². The van der Waals surface area contributed by atoms with Crippen molar-refractivity contribution in [2.75, 3.05) is 39.4 Å². The van der Waals surface area contributed by atoms with Crippen molar-refractivity contribution < 1.29 is 14.3 Å². The van der Waals surface area contributed by atoms with E-state index in [-0.39, 0.29) is 11.3 Å². The molecule has 1 unspecified atom stereocenters. The van der Waals surface area contributed by atoms with E-state index in [1.165, 1.54) is 12.8 Å². The number of hydrogen-bond acceptors (Lipinski definition) is 3. The molecule has 0 aromatic rings. The van der Waals surface area contributed by atoms with Gasteiger partial charge < -0.3 is 14.5 Å². The average molecular weight is 332 g/mol. The minimum atomic E-state index is 0.257. The Labute approximate surface area is 143 Å². The summed E-state index contributed by atoms with van der Waals surface area (Å²) in [6, 6.07) is 0. The highest BCUT2D eigenvalue weighted by molar-refractivity contribution is 5.82. The van der Waals surface area contributed by atoms with Crippen molar-refractivity contribution in [3.8, 4) is 0 Å². The van der Waals surface area contributed by atoms with E-state index in [1.807, 2.05) is 0 Å². The number of fused-ring (bicyclic) bond motifs is 1. The number of carbonyl (C=O) groups is 2. The third kappa shape index (κ3) is 2.56. The summed E-state index contributed by atoms with van der Waals surface area (Å²) in [6.45, 7) is 5.28. The Hall–Kier alpha value is -1.10. The van der Waals surface area contributed by atoms with Crippen LogP contribution in [0.2, 0.25) is 0 Å². The van der Waals surface area contributed by atoms with Gasteiger partial charge in [0.1, 0.15) is 0 Å². The van der Waals surface area contributed by atoms with E-state index < -0.39 is 0 Å². The predicted molar refractivity (Wildman–Crippen MR) is 88.1 cm³/mol. The summed E-state index contributed by atoms with van der Waals surface area (Å²) in [7, 11) is 0. The molecule has 24 heavy (non-hydrogen) atoms. The molecule has 0 aromatic carbocycles. The van der Waals surface area contributed by atoms with Crippen molar-refractivity contribution >= 4 is 11.8 Å². The summed E-state index contributed by atoms with van der Waals surface area (Å²) in [5, 5.41) is 0.